The summed E-state index contributed by atoms with van der Waals surface area (Å²) in [4.78, 5) is 15.0. The molecule has 1 aromatic heterocycles. The maximum Gasteiger partial charge on any atom is 0.237 e. The van der Waals surface area contributed by atoms with E-state index in [2.05, 4.69) is 105 Å². The molecule has 6 aromatic rings. The number of hydrogen-bond donors (Lipinski definition) is 2. The van der Waals surface area contributed by atoms with E-state index in [4.69, 9.17) is 11.5 Å². The third-order valence-corrected chi connectivity index (χ3v) is 5.63. The minimum atomic E-state index is 0.595. The molecule has 1 heterocycles. The molecule has 5 aromatic carbocycles. The number of nitrogens with zero attached hydrogens (tertiary/aromatic N) is 4. The highest BCUT2D eigenvalue weighted by Gasteiger charge is 2.19. The van der Waals surface area contributed by atoms with Gasteiger partial charge in [0.1, 0.15) is 12.7 Å². The van der Waals surface area contributed by atoms with Crippen molar-refractivity contribution in [3.63, 3.8) is 0 Å². The molecule has 0 aliphatic heterocycles. The van der Waals surface area contributed by atoms with E-state index in [1.807, 2.05) is 0 Å². The van der Waals surface area contributed by atoms with E-state index in [0.29, 0.717) is 5.95 Å². The van der Waals surface area contributed by atoms with Crippen molar-refractivity contribution in [2.75, 3.05) is 16.4 Å². The van der Waals surface area contributed by atoms with Gasteiger partial charge in [0, 0.05) is 22.1 Å². The van der Waals surface area contributed by atoms with Crippen LogP contribution in [0.3, 0.4) is 0 Å². The number of benzene rings is 5. The average Bonchev–Trinajstić information content (AvgIpc) is 2.92. The van der Waals surface area contributed by atoms with Crippen LogP contribution >= 0.6 is 0 Å². The second kappa shape index (κ2) is 9.89. The fourth-order valence-corrected chi connectivity index (χ4v) is 4.00. The van der Waals surface area contributed by atoms with E-state index in [-0.39, 0.29) is 0 Å². The van der Waals surface area contributed by atoms with Gasteiger partial charge in [-0.1, -0.05) is 72.8 Å². The van der Waals surface area contributed by atoms with Crippen molar-refractivity contribution < 1.29 is 0 Å². The molecule has 4 N–H and O–H groups in total. The quantitative estimate of drug-likeness (QED) is 0.295. The molecule has 0 fully saturated rings. The third-order valence-electron chi connectivity index (χ3n) is 5.63. The van der Waals surface area contributed by atoms with Crippen molar-refractivity contribution in [3.05, 3.63) is 122 Å². The van der Waals surface area contributed by atoms with E-state index >= 15 is 0 Å². The maximum atomic E-state index is 5.37. The fourth-order valence-electron chi connectivity index (χ4n) is 4.00. The molecule has 6 rings (SSSR count). The van der Waals surface area contributed by atoms with Crippen LogP contribution in [0.25, 0.3) is 21.5 Å². The van der Waals surface area contributed by atoms with Crippen molar-refractivity contribution in [2.24, 2.45) is 0 Å². The Morgan fingerprint density at radius 3 is 1.40 bits per heavy atom. The van der Waals surface area contributed by atoms with E-state index in [9.17, 15) is 0 Å². The van der Waals surface area contributed by atoms with Gasteiger partial charge in [-0.05, 0) is 47.2 Å². The van der Waals surface area contributed by atoms with Crippen LogP contribution in [0.5, 0.6) is 0 Å². The molecular formula is C29H24N6. The average molecular weight is 457 g/mol. The van der Waals surface area contributed by atoms with Crippen LogP contribution in [0, 0.1) is 0 Å². The summed E-state index contributed by atoms with van der Waals surface area (Å²) in [6.45, 7) is 0. The molecule has 0 bridgehead atoms. The van der Waals surface area contributed by atoms with Gasteiger partial charge >= 0.3 is 0 Å². The van der Waals surface area contributed by atoms with Crippen LogP contribution < -0.4 is 16.4 Å². The highest BCUT2D eigenvalue weighted by Crippen LogP contribution is 2.39. The molecule has 0 aliphatic carbocycles. The molecule has 0 radical (unpaired) electrons. The molecule has 0 saturated heterocycles. The van der Waals surface area contributed by atoms with Crippen LogP contribution in [-0.4, -0.2) is 15.0 Å². The van der Waals surface area contributed by atoms with Crippen LogP contribution in [0.2, 0.25) is 0 Å². The summed E-state index contributed by atoms with van der Waals surface area (Å²) in [5.41, 5.74) is 14.3. The van der Waals surface area contributed by atoms with Gasteiger partial charge in [-0.3, -0.25) is 4.90 Å². The van der Waals surface area contributed by atoms with Crippen LogP contribution in [0.4, 0.5) is 28.7 Å². The smallest absolute Gasteiger partial charge is 0.237 e. The molecule has 6 heteroatoms. The number of nitrogen functional groups attached to an aromatic ring is 2. The highest BCUT2D eigenvalue weighted by atomic mass is 15.3. The Labute approximate surface area is 203 Å². The lowest BCUT2D eigenvalue weighted by molar-refractivity contribution is 1.01. The third kappa shape index (κ3) is 4.72. The van der Waals surface area contributed by atoms with Crippen molar-refractivity contribution >= 4 is 50.2 Å². The van der Waals surface area contributed by atoms with Crippen LogP contribution in [0.1, 0.15) is 0 Å². The normalized spacial score (nSPS) is 10.5. The Morgan fingerprint density at radius 1 is 0.486 bits per heavy atom. The zero-order chi connectivity index (χ0) is 24.0. The lowest BCUT2D eigenvalue weighted by atomic mass is 10.0. The Morgan fingerprint density at radius 2 is 0.914 bits per heavy atom. The summed E-state index contributed by atoms with van der Waals surface area (Å²) in [6, 6.07) is 36.4. The largest absolute Gasteiger partial charge is 0.399 e. The first kappa shape index (κ1) is 21.9. The van der Waals surface area contributed by atoms with Gasteiger partial charge in [-0.15, -0.1) is 0 Å². The lowest BCUT2D eigenvalue weighted by Crippen LogP contribution is -2.14. The summed E-state index contributed by atoms with van der Waals surface area (Å²) >= 11 is 0. The van der Waals surface area contributed by atoms with E-state index < -0.39 is 0 Å². The number of anilines is 5. The first-order valence-corrected chi connectivity index (χ1v) is 11.2. The second-order valence-electron chi connectivity index (χ2n) is 7.94. The summed E-state index contributed by atoms with van der Waals surface area (Å²) in [5, 5.41) is 4.64. The molecule has 0 unspecified atom stereocenters. The van der Waals surface area contributed by atoms with Crippen molar-refractivity contribution in [1.82, 2.24) is 15.0 Å². The number of fused-ring (bicyclic) bond motifs is 2. The minimum absolute atomic E-state index is 0.595. The predicted octanol–water partition coefficient (Wildman–Crippen LogP) is 6.50. The zero-order valence-corrected chi connectivity index (χ0v) is 19.0. The fraction of sp³-hybridized carbons (Fsp3) is 0. The van der Waals surface area contributed by atoms with E-state index in [0.717, 1.165) is 33.5 Å². The molecule has 6 nitrogen and oxygen atoms in total. The van der Waals surface area contributed by atoms with Gasteiger partial charge < -0.3 is 11.5 Å². The first-order valence-electron chi connectivity index (χ1n) is 11.2. The molecular weight excluding hydrogens is 432 g/mol. The molecule has 35 heavy (non-hydrogen) atoms. The van der Waals surface area contributed by atoms with Crippen LogP contribution in [-0.2, 0) is 0 Å². The molecule has 0 aliphatic rings. The Hall–Kier alpha value is -4.97. The number of nitrogens with two attached hydrogens (primary N) is 2. The molecule has 0 amide bonds. The van der Waals surface area contributed by atoms with Gasteiger partial charge in [0.25, 0.3) is 0 Å². The topological polar surface area (TPSA) is 94.0 Å². The molecule has 0 atom stereocenters. The first-order chi connectivity index (χ1) is 17.2. The van der Waals surface area contributed by atoms with Crippen molar-refractivity contribution in [2.45, 2.75) is 0 Å². The summed E-state index contributed by atoms with van der Waals surface area (Å²) < 4.78 is 0. The Balaban J connectivity index is 0.000000271. The second-order valence-corrected chi connectivity index (χ2v) is 7.94. The molecule has 0 saturated carbocycles. The monoisotopic (exact) mass is 456 g/mol. The maximum absolute atomic E-state index is 5.37. The van der Waals surface area contributed by atoms with Crippen molar-refractivity contribution in [3.8, 4) is 0 Å². The predicted molar refractivity (Wildman–Crippen MR) is 145 cm³/mol. The minimum Gasteiger partial charge on any atom is -0.399 e. The SMILES string of the molecule is Nc1ccc(N)cc1.c1ccc2c(N(c3ncncn3)c3cccc4ccccc34)cccc2c1. The van der Waals surface area contributed by atoms with Crippen molar-refractivity contribution in [1.29, 1.82) is 0 Å². The molecule has 0 spiro atoms. The lowest BCUT2D eigenvalue weighted by Gasteiger charge is -2.25. The van der Waals surface area contributed by atoms with E-state index in [1.165, 1.54) is 23.4 Å². The van der Waals surface area contributed by atoms with Gasteiger partial charge in [0.15, 0.2) is 0 Å². The molecule has 170 valence electrons. The summed E-state index contributed by atoms with van der Waals surface area (Å²) in [5.74, 6) is 0.595. The standard InChI is InChI=1S/C23H16N4.C6H8N2/c1-3-11-19-17(7-1)9-5-13-21(19)27(23-25-15-24-16-26-23)22-14-6-10-18-8-2-4-12-20(18)22;7-5-1-2-6(8)4-3-5/h1-16H;1-4H,7-8H2. The van der Waals surface area contributed by atoms with Gasteiger partial charge in [-0.25, -0.2) is 15.0 Å². The van der Waals surface area contributed by atoms with Crippen LogP contribution in [0.15, 0.2) is 122 Å². The number of rotatable bonds is 3. The Bertz CT molecular complexity index is 1460. The van der Waals surface area contributed by atoms with Gasteiger partial charge in [0.05, 0.1) is 11.4 Å². The Kier molecular flexibility index (Phi) is 6.17. The highest BCUT2D eigenvalue weighted by molar-refractivity contribution is 6.03. The number of aromatic nitrogens is 3. The van der Waals surface area contributed by atoms with Gasteiger partial charge in [-0.2, -0.15) is 0 Å². The number of hydrogen-bond acceptors (Lipinski definition) is 6. The zero-order valence-electron chi connectivity index (χ0n) is 19.0. The summed E-state index contributed by atoms with van der Waals surface area (Å²) in [6.07, 6.45) is 3.07. The van der Waals surface area contributed by atoms with Gasteiger partial charge in [0.2, 0.25) is 5.95 Å². The van der Waals surface area contributed by atoms with E-state index in [1.54, 1.807) is 24.3 Å². The summed E-state index contributed by atoms with van der Waals surface area (Å²) in [7, 11) is 0.